The molecule has 106 valence electrons. The Labute approximate surface area is 113 Å². The molecule has 0 atom stereocenters. The van der Waals surface area contributed by atoms with E-state index in [4.69, 9.17) is 0 Å². The fourth-order valence-electron chi connectivity index (χ4n) is 1.34. The first-order valence-electron chi connectivity index (χ1n) is 6.30. The van der Waals surface area contributed by atoms with Crippen LogP contribution in [0, 0.1) is 11.8 Å². The molecule has 1 aromatic carbocycles. The molecule has 1 aromatic rings. The second kappa shape index (κ2) is 9.46. The molecule has 0 aromatic heterocycles. The quantitative estimate of drug-likeness (QED) is 0.752. The van der Waals surface area contributed by atoms with Gasteiger partial charge in [0.25, 0.3) is 0 Å². The number of alkyl halides is 3. The third kappa shape index (κ3) is 10.2. The van der Waals surface area contributed by atoms with Gasteiger partial charge in [-0.2, -0.15) is 13.2 Å². The Morgan fingerprint density at radius 1 is 0.947 bits per heavy atom. The molecule has 4 heteroatoms. The minimum Gasteiger partial charge on any atom is -0.304 e. The molecule has 0 saturated carbocycles. The summed E-state index contributed by atoms with van der Waals surface area (Å²) in [6, 6.07) is 8.05. The van der Waals surface area contributed by atoms with E-state index in [0.717, 1.165) is 0 Å². The van der Waals surface area contributed by atoms with Gasteiger partial charge < -0.3 is 4.90 Å². The van der Waals surface area contributed by atoms with Gasteiger partial charge in [-0.15, -0.1) is 0 Å². The Hall–Kier alpha value is -1.47. The van der Waals surface area contributed by atoms with E-state index in [9.17, 15) is 13.2 Å². The molecular formula is C15H20F3N. The van der Waals surface area contributed by atoms with E-state index >= 15 is 0 Å². The molecule has 0 bridgehead atoms. The highest BCUT2D eigenvalue weighted by molar-refractivity contribution is 5.34. The maximum Gasteiger partial charge on any atom is 0.458 e. The van der Waals surface area contributed by atoms with Crippen molar-refractivity contribution in [2.45, 2.75) is 26.9 Å². The molecule has 0 aliphatic heterocycles. The predicted octanol–water partition coefficient (Wildman–Crippen LogP) is 3.95. The van der Waals surface area contributed by atoms with E-state index < -0.39 is 6.18 Å². The number of hydrogen-bond acceptors (Lipinski definition) is 1. The monoisotopic (exact) mass is 271 g/mol. The van der Waals surface area contributed by atoms with Gasteiger partial charge in [0.1, 0.15) is 0 Å². The van der Waals surface area contributed by atoms with Crippen LogP contribution in [0.2, 0.25) is 0 Å². The van der Waals surface area contributed by atoms with Crippen LogP contribution in [0.4, 0.5) is 13.2 Å². The van der Waals surface area contributed by atoms with Crippen LogP contribution in [0.15, 0.2) is 30.3 Å². The van der Waals surface area contributed by atoms with Gasteiger partial charge in [-0.1, -0.05) is 44.9 Å². The van der Waals surface area contributed by atoms with Gasteiger partial charge in [-0.3, -0.25) is 0 Å². The minimum absolute atomic E-state index is 0.370. The van der Waals surface area contributed by atoms with Crippen LogP contribution in [0.3, 0.4) is 0 Å². The normalized spacial score (nSPS) is 10.3. The number of hydrogen-bond donors (Lipinski definition) is 0. The Balaban J connectivity index is 0.000000399. The Morgan fingerprint density at radius 2 is 1.42 bits per heavy atom. The number of rotatable bonds is 3. The average molecular weight is 271 g/mol. The Kier molecular flexibility index (Phi) is 8.73. The molecule has 0 saturated heterocycles. The van der Waals surface area contributed by atoms with Crippen molar-refractivity contribution in [3.8, 4) is 11.8 Å². The molecule has 0 aliphatic carbocycles. The van der Waals surface area contributed by atoms with Gasteiger partial charge in [0.05, 0.1) is 0 Å². The average Bonchev–Trinajstić information content (AvgIpc) is 2.40. The molecule has 1 rings (SSSR count). The van der Waals surface area contributed by atoms with Gasteiger partial charge >= 0.3 is 6.18 Å². The molecule has 0 unspecified atom stereocenters. The van der Waals surface area contributed by atoms with Crippen LogP contribution < -0.4 is 0 Å². The fraction of sp³-hybridized carbons (Fsp3) is 0.467. The van der Waals surface area contributed by atoms with Crippen molar-refractivity contribution in [1.29, 1.82) is 0 Å². The Bertz CT molecular complexity index is 378. The van der Waals surface area contributed by atoms with Crippen LogP contribution in [-0.2, 0) is 0 Å². The molecule has 0 N–H and O–H groups in total. The SMILES string of the molecule is CCN(CC)CC.FC(F)(F)C#Cc1ccccc1. The highest BCUT2D eigenvalue weighted by Gasteiger charge is 2.22. The first-order chi connectivity index (χ1) is 8.92. The predicted molar refractivity (Wildman–Crippen MR) is 72.8 cm³/mol. The van der Waals surface area contributed by atoms with Gasteiger partial charge in [0, 0.05) is 11.5 Å². The van der Waals surface area contributed by atoms with Gasteiger partial charge in [0.2, 0.25) is 0 Å². The van der Waals surface area contributed by atoms with E-state index in [2.05, 4.69) is 25.7 Å². The van der Waals surface area contributed by atoms with E-state index in [1.165, 1.54) is 37.7 Å². The summed E-state index contributed by atoms with van der Waals surface area (Å²) in [5, 5.41) is 0. The summed E-state index contributed by atoms with van der Waals surface area (Å²) in [6.45, 7) is 10.1. The van der Waals surface area contributed by atoms with Crippen molar-refractivity contribution in [2.75, 3.05) is 19.6 Å². The highest BCUT2D eigenvalue weighted by atomic mass is 19.4. The molecule has 0 fully saturated rings. The highest BCUT2D eigenvalue weighted by Crippen LogP contribution is 2.12. The molecule has 0 heterocycles. The molecule has 19 heavy (non-hydrogen) atoms. The fourth-order valence-corrected chi connectivity index (χ4v) is 1.34. The summed E-state index contributed by atoms with van der Waals surface area (Å²) in [4.78, 5) is 2.38. The smallest absolute Gasteiger partial charge is 0.304 e. The molecule has 0 aliphatic rings. The summed E-state index contributed by atoms with van der Waals surface area (Å²) >= 11 is 0. The van der Waals surface area contributed by atoms with Crippen molar-refractivity contribution in [2.24, 2.45) is 0 Å². The van der Waals surface area contributed by atoms with Gasteiger partial charge in [-0.25, -0.2) is 0 Å². The number of benzene rings is 1. The van der Waals surface area contributed by atoms with E-state index in [0.29, 0.717) is 5.56 Å². The van der Waals surface area contributed by atoms with Crippen LogP contribution in [0.1, 0.15) is 26.3 Å². The largest absolute Gasteiger partial charge is 0.458 e. The van der Waals surface area contributed by atoms with Crippen LogP contribution in [0.25, 0.3) is 0 Å². The maximum absolute atomic E-state index is 11.6. The summed E-state index contributed by atoms with van der Waals surface area (Å²) in [7, 11) is 0. The first kappa shape index (κ1) is 17.5. The second-order valence-electron chi connectivity index (χ2n) is 3.73. The summed E-state index contributed by atoms with van der Waals surface area (Å²) in [5.74, 6) is 3.20. The molecule has 1 nitrogen and oxygen atoms in total. The van der Waals surface area contributed by atoms with Crippen LogP contribution in [0.5, 0.6) is 0 Å². The molecule has 0 radical (unpaired) electrons. The molecule has 0 amide bonds. The molecule has 0 spiro atoms. The lowest BCUT2D eigenvalue weighted by Gasteiger charge is -2.13. The third-order valence-electron chi connectivity index (χ3n) is 2.46. The summed E-state index contributed by atoms with van der Waals surface area (Å²) in [5.41, 5.74) is 0.370. The lowest BCUT2D eigenvalue weighted by Crippen LogP contribution is -2.21. The second-order valence-corrected chi connectivity index (χ2v) is 3.73. The van der Waals surface area contributed by atoms with E-state index in [1.807, 2.05) is 5.92 Å². The zero-order chi connectivity index (χ0) is 14.7. The summed E-state index contributed by atoms with van der Waals surface area (Å²) in [6.07, 6.45) is -4.41. The zero-order valence-corrected chi connectivity index (χ0v) is 11.6. The lowest BCUT2D eigenvalue weighted by atomic mass is 10.2. The minimum atomic E-state index is -4.41. The standard InChI is InChI=1S/C9H5F3.C6H15N/c10-9(11,12)7-6-8-4-2-1-3-5-8;1-4-7(5-2)6-3/h1-5H;4-6H2,1-3H3. The van der Waals surface area contributed by atoms with Crippen molar-refractivity contribution >= 4 is 0 Å². The van der Waals surface area contributed by atoms with E-state index in [-0.39, 0.29) is 0 Å². The van der Waals surface area contributed by atoms with Gasteiger partial charge in [0.15, 0.2) is 0 Å². The van der Waals surface area contributed by atoms with Crippen LogP contribution in [-0.4, -0.2) is 30.7 Å². The van der Waals surface area contributed by atoms with Crippen molar-refractivity contribution < 1.29 is 13.2 Å². The molecular weight excluding hydrogens is 251 g/mol. The van der Waals surface area contributed by atoms with Crippen molar-refractivity contribution in [3.05, 3.63) is 35.9 Å². The third-order valence-corrected chi connectivity index (χ3v) is 2.46. The summed E-state index contributed by atoms with van der Waals surface area (Å²) < 4.78 is 34.7. The van der Waals surface area contributed by atoms with Crippen LogP contribution >= 0.6 is 0 Å². The van der Waals surface area contributed by atoms with Gasteiger partial charge in [-0.05, 0) is 31.8 Å². The van der Waals surface area contributed by atoms with Crippen molar-refractivity contribution in [1.82, 2.24) is 4.90 Å². The number of halogens is 3. The van der Waals surface area contributed by atoms with E-state index in [1.54, 1.807) is 18.2 Å². The zero-order valence-electron chi connectivity index (χ0n) is 11.6. The van der Waals surface area contributed by atoms with Crippen molar-refractivity contribution in [3.63, 3.8) is 0 Å². The number of nitrogens with zero attached hydrogens (tertiary/aromatic N) is 1. The lowest BCUT2D eigenvalue weighted by molar-refractivity contribution is -0.0696. The first-order valence-corrected chi connectivity index (χ1v) is 6.30. The topological polar surface area (TPSA) is 3.24 Å². The maximum atomic E-state index is 11.6. The Morgan fingerprint density at radius 3 is 1.74 bits per heavy atom.